The first-order valence-corrected chi connectivity index (χ1v) is 6.05. The Morgan fingerprint density at radius 2 is 1.95 bits per heavy atom. The van der Waals surface area contributed by atoms with E-state index in [4.69, 9.17) is 14.6 Å². The van der Waals surface area contributed by atoms with Crippen molar-refractivity contribution in [2.45, 2.75) is 25.9 Å². The van der Waals surface area contributed by atoms with Crippen LogP contribution < -0.4 is 10.1 Å². The second-order valence-corrected chi connectivity index (χ2v) is 4.91. The number of hydrogen-bond donors (Lipinski definition) is 2. The summed E-state index contributed by atoms with van der Waals surface area (Å²) in [4.78, 5) is 23.1. The number of anilines is 1. The molecule has 0 saturated heterocycles. The molecule has 0 saturated carbocycles. The molecule has 0 bridgehead atoms. The van der Waals surface area contributed by atoms with Crippen LogP contribution >= 0.6 is 0 Å². The van der Waals surface area contributed by atoms with Gasteiger partial charge in [0.25, 0.3) is 0 Å². The highest BCUT2D eigenvalue weighted by atomic mass is 16.5. The van der Waals surface area contributed by atoms with Crippen molar-refractivity contribution in [3.8, 4) is 5.75 Å². The molecule has 1 rings (SSSR count). The fourth-order valence-electron chi connectivity index (χ4n) is 1.59. The molecule has 110 valence electrons. The second kappa shape index (κ2) is 6.38. The topological polar surface area (TPSA) is 84.9 Å². The standard InChI is InChI=1S/C14H19NO5/c1-14(2,20-4)8-12(16)15-11-7-9(19-3)5-6-10(11)13(17)18/h5-7H,8H2,1-4H3,(H,15,16)(H,17,18). The van der Waals surface area contributed by atoms with E-state index in [1.54, 1.807) is 13.8 Å². The summed E-state index contributed by atoms with van der Waals surface area (Å²) in [5, 5.41) is 11.7. The van der Waals surface area contributed by atoms with E-state index >= 15 is 0 Å². The zero-order chi connectivity index (χ0) is 15.3. The van der Waals surface area contributed by atoms with Crippen molar-refractivity contribution >= 4 is 17.6 Å². The molecule has 1 aromatic carbocycles. The van der Waals surface area contributed by atoms with Crippen LogP contribution in [0.2, 0.25) is 0 Å². The summed E-state index contributed by atoms with van der Waals surface area (Å²) in [7, 11) is 2.98. The van der Waals surface area contributed by atoms with Gasteiger partial charge in [-0.15, -0.1) is 0 Å². The van der Waals surface area contributed by atoms with Gasteiger partial charge in [0, 0.05) is 13.2 Å². The van der Waals surface area contributed by atoms with Gasteiger partial charge in [0.05, 0.1) is 30.4 Å². The third kappa shape index (κ3) is 4.24. The Morgan fingerprint density at radius 1 is 1.30 bits per heavy atom. The van der Waals surface area contributed by atoms with Gasteiger partial charge in [-0.1, -0.05) is 0 Å². The number of rotatable bonds is 6. The molecule has 0 fully saturated rings. The molecule has 2 N–H and O–H groups in total. The van der Waals surface area contributed by atoms with E-state index in [2.05, 4.69) is 5.32 Å². The van der Waals surface area contributed by atoms with E-state index in [0.717, 1.165) is 0 Å². The lowest BCUT2D eigenvalue weighted by Crippen LogP contribution is -2.29. The number of carbonyl (C=O) groups is 2. The first kappa shape index (κ1) is 16.0. The highest BCUT2D eigenvalue weighted by molar-refractivity contribution is 6.01. The molecular formula is C14H19NO5. The molecule has 0 aromatic heterocycles. The van der Waals surface area contributed by atoms with Crippen LogP contribution in [-0.4, -0.2) is 36.8 Å². The molecule has 0 atom stereocenters. The molecule has 0 radical (unpaired) electrons. The van der Waals surface area contributed by atoms with E-state index in [1.165, 1.54) is 32.4 Å². The summed E-state index contributed by atoms with van der Waals surface area (Å²) in [6.45, 7) is 3.55. The Balaban J connectivity index is 2.95. The zero-order valence-electron chi connectivity index (χ0n) is 12.0. The highest BCUT2D eigenvalue weighted by Gasteiger charge is 2.22. The Bertz CT molecular complexity index is 510. The Kier molecular flexibility index (Phi) is 5.10. The Hall–Kier alpha value is -2.08. The second-order valence-electron chi connectivity index (χ2n) is 4.91. The number of nitrogens with one attached hydrogen (secondary N) is 1. The summed E-state index contributed by atoms with van der Waals surface area (Å²) in [5.41, 5.74) is -0.407. The van der Waals surface area contributed by atoms with Crippen LogP contribution in [0.4, 0.5) is 5.69 Å². The fraction of sp³-hybridized carbons (Fsp3) is 0.429. The number of hydrogen-bond acceptors (Lipinski definition) is 4. The number of amides is 1. The maximum atomic E-state index is 11.9. The summed E-state index contributed by atoms with van der Waals surface area (Å²) in [5.74, 6) is -0.974. The lowest BCUT2D eigenvalue weighted by molar-refractivity contribution is -0.121. The van der Waals surface area contributed by atoms with Crippen molar-refractivity contribution in [3.05, 3.63) is 23.8 Å². The largest absolute Gasteiger partial charge is 0.497 e. The van der Waals surface area contributed by atoms with Gasteiger partial charge in [0.2, 0.25) is 5.91 Å². The van der Waals surface area contributed by atoms with Gasteiger partial charge >= 0.3 is 5.97 Å². The fourth-order valence-corrected chi connectivity index (χ4v) is 1.59. The molecule has 6 heteroatoms. The zero-order valence-corrected chi connectivity index (χ0v) is 12.0. The number of methoxy groups -OCH3 is 2. The molecule has 20 heavy (non-hydrogen) atoms. The molecule has 0 aliphatic rings. The minimum absolute atomic E-state index is 0.00868. The monoisotopic (exact) mass is 281 g/mol. The number of carbonyl (C=O) groups excluding carboxylic acids is 1. The molecule has 1 amide bonds. The lowest BCUT2D eigenvalue weighted by atomic mass is 10.0. The molecule has 1 aromatic rings. The van der Waals surface area contributed by atoms with E-state index in [0.29, 0.717) is 5.75 Å². The van der Waals surface area contributed by atoms with Crippen LogP contribution in [0.25, 0.3) is 0 Å². The van der Waals surface area contributed by atoms with E-state index in [9.17, 15) is 9.59 Å². The maximum Gasteiger partial charge on any atom is 0.337 e. The minimum atomic E-state index is -1.12. The maximum absolute atomic E-state index is 11.9. The van der Waals surface area contributed by atoms with Crippen LogP contribution in [0.15, 0.2) is 18.2 Å². The Labute approximate surface area is 117 Å². The van der Waals surface area contributed by atoms with Crippen LogP contribution in [0.3, 0.4) is 0 Å². The molecule has 0 aliphatic carbocycles. The molecule has 0 heterocycles. The van der Waals surface area contributed by atoms with Gasteiger partial charge in [0.15, 0.2) is 0 Å². The molecule has 0 unspecified atom stereocenters. The third-order valence-electron chi connectivity index (χ3n) is 2.87. The van der Waals surface area contributed by atoms with Crippen molar-refractivity contribution in [1.82, 2.24) is 0 Å². The van der Waals surface area contributed by atoms with Crippen LogP contribution in [0.1, 0.15) is 30.6 Å². The molecule has 0 spiro atoms. The van der Waals surface area contributed by atoms with E-state index < -0.39 is 11.6 Å². The van der Waals surface area contributed by atoms with Gasteiger partial charge in [-0.3, -0.25) is 4.79 Å². The average molecular weight is 281 g/mol. The van der Waals surface area contributed by atoms with Crippen LogP contribution in [-0.2, 0) is 9.53 Å². The van der Waals surface area contributed by atoms with Crippen molar-refractivity contribution < 1.29 is 24.2 Å². The summed E-state index contributed by atoms with van der Waals surface area (Å²) < 4.78 is 10.2. The predicted octanol–water partition coefficient (Wildman–Crippen LogP) is 2.15. The summed E-state index contributed by atoms with van der Waals surface area (Å²) in [6.07, 6.45) is 0.111. The van der Waals surface area contributed by atoms with Crippen molar-refractivity contribution in [3.63, 3.8) is 0 Å². The summed E-state index contributed by atoms with van der Waals surface area (Å²) in [6, 6.07) is 4.39. The number of carboxylic acid groups (broad SMARTS) is 1. The molecule has 0 aliphatic heterocycles. The predicted molar refractivity (Wildman–Crippen MR) is 74.3 cm³/mol. The van der Waals surface area contributed by atoms with Crippen molar-refractivity contribution in [2.24, 2.45) is 0 Å². The summed E-state index contributed by atoms with van der Waals surface area (Å²) >= 11 is 0. The van der Waals surface area contributed by atoms with Gasteiger partial charge < -0.3 is 19.9 Å². The quantitative estimate of drug-likeness (QED) is 0.834. The first-order valence-electron chi connectivity index (χ1n) is 6.05. The van der Waals surface area contributed by atoms with Gasteiger partial charge in [-0.25, -0.2) is 4.79 Å². The smallest absolute Gasteiger partial charge is 0.337 e. The normalized spacial score (nSPS) is 11.0. The van der Waals surface area contributed by atoms with Gasteiger partial charge in [-0.05, 0) is 26.0 Å². The van der Waals surface area contributed by atoms with Crippen LogP contribution in [0, 0.1) is 0 Å². The van der Waals surface area contributed by atoms with E-state index in [-0.39, 0.29) is 23.6 Å². The number of carboxylic acids is 1. The first-order chi connectivity index (χ1) is 9.29. The van der Waals surface area contributed by atoms with Crippen molar-refractivity contribution in [2.75, 3.05) is 19.5 Å². The number of aromatic carboxylic acids is 1. The molecular weight excluding hydrogens is 262 g/mol. The molecule has 6 nitrogen and oxygen atoms in total. The number of benzene rings is 1. The lowest BCUT2D eigenvalue weighted by Gasteiger charge is -2.22. The van der Waals surface area contributed by atoms with Crippen molar-refractivity contribution in [1.29, 1.82) is 0 Å². The minimum Gasteiger partial charge on any atom is -0.497 e. The average Bonchev–Trinajstić information content (AvgIpc) is 2.37. The third-order valence-corrected chi connectivity index (χ3v) is 2.87. The van der Waals surface area contributed by atoms with E-state index in [1.807, 2.05) is 0 Å². The van der Waals surface area contributed by atoms with Gasteiger partial charge in [0.1, 0.15) is 5.75 Å². The Morgan fingerprint density at radius 3 is 2.45 bits per heavy atom. The SMILES string of the molecule is COc1ccc(C(=O)O)c(NC(=O)CC(C)(C)OC)c1. The highest BCUT2D eigenvalue weighted by Crippen LogP contribution is 2.23. The van der Waals surface area contributed by atoms with Gasteiger partial charge in [-0.2, -0.15) is 0 Å². The van der Waals surface area contributed by atoms with Crippen LogP contribution in [0.5, 0.6) is 5.75 Å². The number of ether oxygens (including phenoxy) is 2.